The van der Waals surface area contributed by atoms with Gasteiger partial charge in [-0.25, -0.2) is 9.59 Å². The van der Waals surface area contributed by atoms with Gasteiger partial charge in [0.15, 0.2) is 0 Å². The second kappa shape index (κ2) is 19.7. The minimum atomic E-state index is -1.08. The number of ether oxygens (including phenoxy) is 2. The topological polar surface area (TPSA) is 184 Å². The number of hydrogen-bond acceptors (Lipinski definition) is 10. The monoisotopic (exact) mass is 741 g/mol. The van der Waals surface area contributed by atoms with Gasteiger partial charge >= 0.3 is 12.1 Å². The summed E-state index contributed by atoms with van der Waals surface area (Å²) in [5.41, 5.74) is 0.705. The molecule has 0 aromatic heterocycles. The molecule has 52 heavy (non-hydrogen) atoms. The van der Waals surface area contributed by atoms with Gasteiger partial charge < -0.3 is 35.4 Å². The summed E-state index contributed by atoms with van der Waals surface area (Å²) >= 11 is 1.53. The summed E-state index contributed by atoms with van der Waals surface area (Å²) in [6.07, 6.45) is 1.92. The number of rotatable bonds is 16. The second-order valence-electron chi connectivity index (χ2n) is 13.4. The van der Waals surface area contributed by atoms with Crippen LogP contribution in [0.2, 0.25) is 0 Å². The van der Waals surface area contributed by atoms with E-state index >= 15 is 0 Å². The molecule has 5 amide bonds. The van der Waals surface area contributed by atoms with Crippen molar-refractivity contribution < 1.29 is 43.3 Å². The number of thioether (sulfide) groups is 1. The highest BCUT2D eigenvalue weighted by Gasteiger charge is 2.43. The summed E-state index contributed by atoms with van der Waals surface area (Å²) in [6.45, 7) is 8.19. The Kier molecular flexibility index (Phi) is 15.8. The fraction of sp³-hybridized carbons (Fsp3) is 0.514. The first-order valence-corrected chi connectivity index (χ1v) is 18.7. The minimum absolute atomic E-state index is 0.0537. The molecule has 0 bridgehead atoms. The highest BCUT2D eigenvalue weighted by molar-refractivity contribution is 7.98. The predicted molar refractivity (Wildman–Crippen MR) is 196 cm³/mol. The highest BCUT2D eigenvalue weighted by Crippen LogP contribution is 2.23. The Labute approximate surface area is 309 Å². The van der Waals surface area contributed by atoms with E-state index in [0.29, 0.717) is 17.7 Å². The van der Waals surface area contributed by atoms with Crippen molar-refractivity contribution in [3.63, 3.8) is 0 Å². The number of carbonyl (C=O) groups excluding carboxylic acids is 6. The molecule has 4 N–H and O–H groups in total. The van der Waals surface area contributed by atoms with E-state index in [9.17, 15) is 33.9 Å². The summed E-state index contributed by atoms with van der Waals surface area (Å²) in [5, 5.41) is 17.3. The van der Waals surface area contributed by atoms with E-state index in [4.69, 9.17) is 9.47 Å². The zero-order valence-corrected chi connectivity index (χ0v) is 31.5. The molecule has 1 fully saturated rings. The van der Waals surface area contributed by atoms with Crippen molar-refractivity contribution in [2.45, 2.75) is 83.6 Å². The van der Waals surface area contributed by atoms with Crippen molar-refractivity contribution in [1.82, 2.24) is 25.8 Å². The smallest absolute Gasteiger partial charge is 0.411 e. The van der Waals surface area contributed by atoms with Crippen molar-refractivity contribution in [2.24, 2.45) is 0 Å². The normalized spacial score (nSPS) is 16.3. The third kappa shape index (κ3) is 12.8. The van der Waals surface area contributed by atoms with Gasteiger partial charge in [-0.1, -0.05) is 42.5 Å². The Morgan fingerprint density at radius 2 is 1.60 bits per heavy atom. The van der Waals surface area contributed by atoms with Crippen molar-refractivity contribution in [3.8, 4) is 5.75 Å². The maximum Gasteiger partial charge on any atom is 0.411 e. The molecular weight excluding hydrogens is 691 g/mol. The van der Waals surface area contributed by atoms with Crippen LogP contribution in [0.4, 0.5) is 4.79 Å². The average Bonchev–Trinajstić information content (AvgIpc) is 3.09. The van der Waals surface area contributed by atoms with Crippen LogP contribution in [-0.2, 0) is 46.3 Å². The van der Waals surface area contributed by atoms with Gasteiger partial charge in [0.2, 0.25) is 23.6 Å². The molecule has 2 aromatic rings. The van der Waals surface area contributed by atoms with Crippen molar-refractivity contribution >= 4 is 47.5 Å². The van der Waals surface area contributed by atoms with Gasteiger partial charge in [-0.3, -0.25) is 24.1 Å². The fourth-order valence-corrected chi connectivity index (χ4v) is 6.05. The van der Waals surface area contributed by atoms with E-state index < -0.39 is 66.1 Å². The summed E-state index contributed by atoms with van der Waals surface area (Å²) in [4.78, 5) is 82.4. The molecule has 2 aromatic carbocycles. The van der Waals surface area contributed by atoms with Crippen LogP contribution >= 0.6 is 11.8 Å². The van der Waals surface area contributed by atoms with Gasteiger partial charge in [0.05, 0.1) is 13.2 Å². The highest BCUT2D eigenvalue weighted by atomic mass is 32.2. The number of phenolic OH excluding ortho intramolecular Hbond substituents is 1. The first-order chi connectivity index (χ1) is 24.6. The van der Waals surface area contributed by atoms with E-state index in [-0.39, 0.29) is 44.2 Å². The van der Waals surface area contributed by atoms with Crippen LogP contribution < -0.4 is 16.0 Å². The van der Waals surface area contributed by atoms with E-state index in [2.05, 4.69) is 16.0 Å². The molecule has 0 unspecified atom stereocenters. The second-order valence-corrected chi connectivity index (χ2v) is 14.4. The number of nitrogens with one attached hydrogen (secondary N) is 3. The molecular formula is C37H51N5O9S. The molecule has 284 valence electrons. The van der Waals surface area contributed by atoms with Gasteiger partial charge in [0.1, 0.15) is 35.5 Å². The number of benzene rings is 2. The van der Waals surface area contributed by atoms with Gasteiger partial charge in [-0.2, -0.15) is 11.8 Å². The molecule has 14 nitrogen and oxygen atoms in total. The predicted octanol–water partition coefficient (Wildman–Crippen LogP) is 2.42. The maximum absolute atomic E-state index is 14.0. The van der Waals surface area contributed by atoms with Gasteiger partial charge in [-0.15, -0.1) is 0 Å². The zero-order chi connectivity index (χ0) is 38.4. The van der Waals surface area contributed by atoms with Crippen molar-refractivity contribution in [1.29, 1.82) is 0 Å². The number of amides is 5. The van der Waals surface area contributed by atoms with E-state index in [0.717, 1.165) is 5.56 Å². The van der Waals surface area contributed by atoms with E-state index in [1.165, 1.54) is 40.6 Å². The third-order valence-corrected chi connectivity index (χ3v) is 8.80. The number of piperazine rings is 1. The SMILES string of the molecule is CCOC(=O)[C@H](Cc1ccc(O)cc1)NC(=O)[C@@H](C)NC(=O)CNC(=O)[C@H](Cc1ccccc1)N1CCN(C(=O)OC(C)(C)C)[C@@H](CCSC)C1=O. The number of phenols is 1. The van der Waals surface area contributed by atoms with Gasteiger partial charge in [-0.05, 0) is 76.3 Å². The molecule has 1 saturated heterocycles. The summed E-state index contributed by atoms with van der Waals surface area (Å²) < 4.78 is 10.7. The van der Waals surface area contributed by atoms with Crippen LogP contribution in [-0.4, -0.2) is 119 Å². The first-order valence-electron chi connectivity index (χ1n) is 17.3. The Morgan fingerprint density at radius 3 is 2.21 bits per heavy atom. The number of nitrogens with zero attached hydrogens (tertiary/aromatic N) is 2. The van der Waals surface area contributed by atoms with E-state index in [1.807, 2.05) is 36.6 Å². The summed E-state index contributed by atoms with van der Waals surface area (Å²) in [6, 6.07) is 11.4. The average molecular weight is 742 g/mol. The molecule has 0 aliphatic carbocycles. The lowest BCUT2D eigenvalue weighted by atomic mass is 10.00. The van der Waals surface area contributed by atoms with Crippen LogP contribution in [0, 0.1) is 0 Å². The molecule has 1 aliphatic heterocycles. The first kappa shape index (κ1) is 41.6. The molecule has 0 spiro atoms. The lowest BCUT2D eigenvalue weighted by Gasteiger charge is -2.43. The Hall–Kier alpha value is -4.79. The molecule has 1 heterocycles. The third-order valence-electron chi connectivity index (χ3n) is 8.16. The van der Waals surface area contributed by atoms with Crippen LogP contribution in [0.3, 0.4) is 0 Å². The molecule has 4 atom stereocenters. The number of hydrogen-bond donors (Lipinski definition) is 4. The quantitative estimate of drug-likeness (QED) is 0.187. The molecule has 1 aliphatic rings. The molecule has 0 saturated carbocycles. The van der Waals surface area contributed by atoms with Crippen molar-refractivity contribution in [3.05, 3.63) is 65.7 Å². The van der Waals surface area contributed by atoms with Crippen LogP contribution in [0.15, 0.2) is 54.6 Å². The number of carbonyl (C=O) groups is 6. The number of aromatic hydroxyl groups is 1. The van der Waals surface area contributed by atoms with E-state index in [1.54, 1.807) is 39.8 Å². The van der Waals surface area contributed by atoms with Crippen LogP contribution in [0.1, 0.15) is 52.2 Å². The zero-order valence-electron chi connectivity index (χ0n) is 30.7. The fourth-order valence-electron chi connectivity index (χ4n) is 5.59. The summed E-state index contributed by atoms with van der Waals surface area (Å²) in [7, 11) is 0. The Morgan fingerprint density at radius 1 is 0.942 bits per heavy atom. The largest absolute Gasteiger partial charge is 0.508 e. The number of esters is 1. The Balaban J connectivity index is 1.70. The summed E-state index contributed by atoms with van der Waals surface area (Å²) in [5.74, 6) is -2.28. The lowest BCUT2D eigenvalue weighted by Crippen LogP contribution is -2.64. The van der Waals surface area contributed by atoms with Gasteiger partial charge in [0.25, 0.3) is 0 Å². The standard InChI is InChI=1S/C37H51N5O9S/c1-7-50-35(48)28(21-26-13-15-27(43)16-14-26)40-32(45)24(2)39-31(44)23-38-33(46)30(22-25-11-9-8-10-12-25)41-18-19-42(36(49)51-37(3,4)5)29(34(41)47)17-20-52-6/h8-16,24,28-30,43H,7,17-23H2,1-6H3,(H,38,46)(H,39,44)(H,40,45)/t24-,28+,29+,30+/m1/s1. The lowest BCUT2D eigenvalue weighted by molar-refractivity contribution is -0.149. The maximum atomic E-state index is 14.0. The van der Waals surface area contributed by atoms with Crippen LogP contribution in [0.5, 0.6) is 5.75 Å². The van der Waals surface area contributed by atoms with Crippen molar-refractivity contribution in [2.75, 3.05) is 38.2 Å². The molecule has 3 rings (SSSR count). The Bertz CT molecular complexity index is 1530. The minimum Gasteiger partial charge on any atom is -0.508 e. The molecule has 15 heteroatoms. The molecule has 0 radical (unpaired) electrons. The van der Waals surface area contributed by atoms with Crippen LogP contribution in [0.25, 0.3) is 0 Å². The van der Waals surface area contributed by atoms with Gasteiger partial charge in [0, 0.05) is 25.9 Å².